The molecule has 1 amide bonds. The standard InChI is InChI=1S/C15H20INO3/c1-19-9-10-20-8-7-17-14-6-5-13(16)11-12(14)3-2-4-15(17)18/h5-6,11H,2-4,7-10H2,1H3. The number of aryl methyl sites for hydroxylation is 1. The van der Waals surface area contributed by atoms with Crippen LogP contribution in [0.25, 0.3) is 0 Å². The smallest absolute Gasteiger partial charge is 0.227 e. The predicted molar refractivity (Wildman–Crippen MR) is 87.1 cm³/mol. The van der Waals surface area contributed by atoms with Crippen molar-refractivity contribution in [1.82, 2.24) is 0 Å². The molecular formula is C15H20INO3. The normalized spacial score (nSPS) is 15.1. The van der Waals surface area contributed by atoms with Gasteiger partial charge >= 0.3 is 0 Å². The van der Waals surface area contributed by atoms with Crippen molar-refractivity contribution in [2.75, 3.05) is 38.4 Å². The van der Waals surface area contributed by atoms with Gasteiger partial charge in [-0.3, -0.25) is 4.79 Å². The minimum Gasteiger partial charge on any atom is -0.382 e. The topological polar surface area (TPSA) is 38.8 Å². The summed E-state index contributed by atoms with van der Waals surface area (Å²) < 4.78 is 11.6. The Bertz CT molecular complexity index is 464. The summed E-state index contributed by atoms with van der Waals surface area (Å²) in [6, 6.07) is 6.28. The first-order valence-electron chi connectivity index (χ1n) is 6.88. The summed E-state index contributed by atoms with van der Waals surface area (Å²) in [5.74, 6) is 0.195. The highest BCUT2D eigenvalue weighted by molar-refractivity contribution is 14.1. The van der Waals surface area contributed by atoms with Gasteiger partial charge < -0.3 is 14.4 Å². The fraction of sp³-hybridized carbons (Fsp3) is 0.533. The number of rotatable bonds is 6. The van der Waals surface area contributed by atoms with Crippen molar-refractivity contribution in [1.29, 1.82) is 0 Å². The highest BCUT2D eigenvalue weighted by Gasteiger charge is 2.21. The van der Waals surface area contributed by atoms with E-state index in [0.29, 0.717) is 32.8 Å². The third kappa shape index (κ3) is 4.17. The molecule has 4 nitrogen and oxygen atoms in total. The Kier molecular flexibility index (Phi) is 6.25. The van der Waals surface area contributed by atoms with E-state index in [1.165, 1.54) is 9.13 Å². The van der Waals surface area contributed by atoms with Crippen molar-refractivity contribution >= 4 is 34.2 Å². The molecule has 0 spiro atoms. The lowest BCUT2D eigenvalue weighted by Crippen LogP contribution is -2.33. The van der Waals surface area contributed by atoms with E-state index in [4.69, 9.17) is 9.47 Å². The van der Waals surface area contributed by atoms with E-state index in [9.17, 15) is 4.79 Å². The zero-order valence-electron chi connectivity index (χ0n) is 11.7. The number of benzene rings is 1. The minimum atomic E-state index is 0.195. The maximum atomic E-state index is 12.2. The molecule has 2 rings (SSSR count). The van der Waals surface area contributed by atoms with E-state index in [-0.39, 0.29) is 5.91 Å². The lowest BCUT2D eigenvalue weighted by molar-refractivity contribution is -0.118. The van der Waals surface area contributed by atoms with E-state index in [1.54, 1.807) is 7.11 Å². The number of hydrogen-bond acceptors (Lipinski definition) is 3. The van der Waals surface area contributed by atoms with Gasteiger partial charge in [0.15, 0.2) is 0 Å². The molecule has 1 aliphatic rings. The van der Waals surface area contributed by atoms with Crippen LogP contribution >= 0.6 is 22.6 Å². The minimum absolute atomic E-state index is 0.195. The number of amides is 1. The molecule has 1 aliphatic heterocycles. The number of carbonyl (C=O) groups is 1. The monoisotopic (exact) mass is 389 g/mol. The molecule has 20 heavy (non-hydrogen) atoms. The van der Waals surface area contributed by atoms with Crippen LogP contribution in [0, 0.1) is 3.57 Å². The highest BCUT2D eigenvalue weighted by atomic mass is 127. The van der Waals surface area contributed by atoms with E-state index >= 15 is 0 Å². The van der Waals surface area contributed by atoms with Gasteiger partial charge in [0.05, 0.1) is 19.8 Å². The highest BCUT2D eigenvalue weighted by Crippen LogP contribution is 2.28. The van der Waals surface area contributed by atoms with Crippen molar-refractivity contribution in [2.24, 2.45) is 0 Å². The van der Waals surface area contributed by atoms with E-state index in [0.717, 1.165) is 18.5 Å². The maximum Gasteiger partial charge on any atom is 0.227 e. The van der Waals surface area contributed by atoms with Gasteiger partial charge in [-0.05, 0) is 59.2 Å². The molecule has 0 fully saturated rings. The van der Waals surface area contributed by atoms with E-state index in [1.807, 2.05) is 4.90 Å². The van der Waals surface area contributed by atoms with Gasteiger partial charge in [0, 0.05) is 29.3 Å². The fourth-order valence-electron chi connectivity index (χ4n) is 2.36. The third-order valence-corrected chi connectivity index (χ3v) is 4.03. The van der Waals surface area contributed by atoms with Crippen LogP contribution in [-0.2, 0) is 20.7 Å². The summed E-state index contributed by atoms with van der Waals surface area (Å²) in [5, 5.41) is 0. The Morgan fingerprint density at radius 2 is 2.10 bits per heavy atom. The number of methoxy groups -OCH3 is 1. The summed E-state index contributed by atoms with van der Waals surface area (Å²) in [6.07, 6.45) is 2.51. The molecule has 0 unspecified atom stereocenters. The SMILES string of the molecule is COCCOCCN1C(=O)CCCc2cc(I)ccc21. The molecule has 1 aromatic carbocycles. The second-order valence-electron chi connectivity index (χ2n) is 4.78. The molecule has 0 aliphatic carbocycles. The lowest BCUT2D eigenvalue weighted by atomic mass is 10.1. The number of hydrogen-bond donors (Lipinski definition) is 0. The average Bonchev–Trinajstić information content (AvgIpc) is 2.58. The van der Waals surface area contributed by atoms with Crippen LogP contribution in [0.4, 0.5) is 5.69 Å². The summed E-state index contributed by atoms with van der Waals surface area (Å²) in [7, 11) is 1.65. The number of nitrogens with zero attached hydrogens (tertiary/aromatic N) is 1. The lowest BCUT2D eigenvalue weighted by Gasteiger charge is -2.23. The van der Waals surface area contributed by atoms with Gasteiger partial charge in [-0.15, -0.1) is 0 Å². The predicted octanol–water partition coefficient (Wildman–Crippen LogP) is 2.62. The third-order valence-electron chi connectivity index (χ3n) is 3.36. The number of carbonyl (C=O) groups excluding carboxylic acids is 1. The molecule has 0 atom stereocenters. The largest absolute Gasteiger partial charge is 0.382 e. The first-order chi connectivity index (χ1) is 9.72. The molecular weight excluding hydrogens is 369 g/mol. The van der Waals surface area contributed by atoms with E-state index < -0.39 is 0 Å². The summed E-state index contributed by atoms with van der Waals surface area (Å²) in [5.41, 5.74) is 2.31. The molecule has 1 heterocycles. The van der Waals surface area contributed by atoms with Gasteiger partial charge in [-0.1, -0.05) is 0 Å². The number of anilines is 1. The van der Waals surface area contributed by atoms with Crippen LogP contribution in [-0.4, -0.2) is 39.4 Å². The fourth-order valence-corrected chi connectivity index (χ4v) is 2.92. The summed E-state index contributed by atoms with van der Waals surface area (Å²) >= 11 is 2.31. The summed E-state index contributed by atoms with van der Waals surface area (Å²) in [6.45, 7) is 2.30. The molecule has 1 aromatic rings. The number of halogens is 1. The second-order valence-corrected chi connectivity index (χ2v) is 6.02. The van der Waals surface area contributed by atoms with Crippen molar-refractivity contribution in [2.45, 2.75) is 19.3 Å². The van der Waals surface area contributed by atoms with Gasteiger partial charge in [0.2, 0.25) is 5.91 Å². The number of fused-ring (bicyclic) bond motifs is 1. The molecule has 0 bridgehead atoms. The van der Waals surface area contributed by atoms with Crippen molar-refractivity contribution in [3.05, 3.63) is 27.3 Å². The van der Waals surface area contributed by atoms with Crippen molar-refractivity contribution < 1.29 is 14.3 Å². The number of ether oxygens (including phenoxy) is 2. The van der Waals surface area contributed by atoms with Gasteiger partial charge in [0.25, 0.3) is 0 Å². The van der Waals surface area contributed by atoms with Crippen molar-refractivity contribution in [3.63, 3.8) is 0 Å². The molecule has 0 aromatic heterocycles. The van der Waals surface area contributed by atoms with E-state index in [2.05, 4.69) is 40.8 Å². The molecule has 0 saturated carbocycles. The van der Waals surface area contributed by atoms with Gasteiger partial charge in [-0.2, -0.15) is 0 Å². The van der Waals surface area contributed by atoms with Crippen LogP contribution in [0.3, 0.4) is 0 Å². The average molecular weight is 389 g/mol. The molecule has 5 heteroatoms. The Morgan fingerprint density at radius 3 is 2.90 bits per heavy atom. The zero-order valence-corrected chi connectivity index (χ0v) is 13.9. The molecule has 0 N–H and O–H groups in total. The first-order valence-corrected chi connectivity index (χ1v) is 7.95. The van der Waals surface area contributed by atoms with Crippen LogP contribution in [0.2, 0.25) is 0 Å². The van der Waals surface area contributed by atoms with Gasteiger partial charge in [0.1, 0.15) is 0 Å². The Labute approximate surface area is 133 Å². The van der Waals surface area contributed by atoms with Crippen LogP contribution < -0.4 is 4.90 Å². The van der Waals surface area contributed by atoms with Crippen LogP contribution in [0.15, 0.2) is 18.2 Å². The van der Waals surface area contributed by atoms with Gasteiger partial charge in [-0.25, -0.2) is 0 Å². The van der Waals surface area contributed by atoms with Crippen LogP contribution in [0.1, 0.15) is 18.4 Å². The van der Waals surface area contributed by atoms with Crippen molar-refractivity contribution in [3.8, 4) is 0 Å². The molecule has 0 radical (unpaired) electrons. The quantitative estimate of drug-likeness (QED) is 0.555. The Balaban J connectivity index is 2.04. The first kappa shape index (κ1) is 15.7. The zero-order chi connectivity index (χ0) is 14.4. The second kappa shape index (κ2) is 7.95. The molecule has 110 valence electrons. The Hall–Kier alpha value is -0.660. The Morgan fingerprint density at radius 1 is 1.25 bits per heavy atom. The maximum absolute atomic E-state index is 12.2. The summed E-state index contributed by atoms with van der Waals surface area (Å²) in [4.78, 5) is 14.1. The molecule has 0 saturated heterocycles. The van der Waals surface area contributed by atoms with Crippen LogP contribution in [0.5, 0.6) is 0 Å².